The first-order chi connectivity index (χ1) is 8.74. The van der Waals surface area contributed by atoms with E-state index in [1.54, 1.807) is 24.3 Å². The minimum atomic E-state index is -0.337. The molecule has 3 aliphatic rings. The molecule has 0 saturated heterocycles. The van der Waals surface area contributed by atoms with Crippen molar-refractivity contribution < 1.29 is 19.1 Å². The highest BCUT2D eigenvalue weighted by molar-refractivity contribution is 5.93. The maximum atomic E-state index is 11.9. The minimum absolute atomic E-state index is 0.301. The first kappa shape index (κ1) is 11.3. The van der Waals surface area contributed by atoms with Crippen molar-refractivity contribution in [2.75, 3.05) is 0 Å². The molecule has 1 aromatic rings. The van der Waals surface area contributed by atoms with Crippen molar-refractivity contribution in [1.29, 1.82) is 0 Å². The van der Waals surface area contributed by atoms with Gasteiger partial charge < -0.3 is 9.47 Å². The summed E-state index contributed by atoms with van der Waals surface area (Å²) in [6.07, 6.45) is 2.93. The SMILES string of the molecule is O=C1OC2CCCCC2OC(=O)c2ccc1cc2. The Balaban J connectivity index is 1.97. The molecule has 1 aromatic carbocycles. The molecular formula is C14H14O4. The number of hydrogen-bond acceptors (Lipinski definition) is 4. The fraction of sp³-hybridized carbons (Fsp3) is 0.429. The van der Waals surface area contributed by atoms with E-state index in [0.717, 1.165) is 25.7 Å². The molecule has 1 fully saturated rings. The van der Waals surface area contributed by atoms with Crippen LogP contribution in [0.1, 0.15) is 46.4 Å². The van der Waals surface area contributed by atoms with Crippen LogP contribution in [0.5, 0.6) is 0 Å². The van der Waals surface area contributed by atoms with Gasteiger partial charge in [-0.2, -0.15) is 0 Å². The summed E-state index contributed by atoms with van der Waals surface area (Å²) in [7, 11) is 0. The zero-order valence-corrected chi connectivity index (χ0v) is 9.93. The Morgan fingerprint density at radius 1 is 0.778 bits per heavy atom. The highest BCUT2D eigenvalue weighted by Crippen LogP contribution is 2.26. The van der Waals surface area contributed by atoms with Crippen molar-refractivity contribution in [1.82, 2.24) is 0 Å². The summed E-state index contributed by atoms with van der Waals surface area (Å²) in [5.74, 6) is -0.673. The van der Waals surface area contributed by atoms with Gasteiger partial charge in [0.25, 0.3) is 0 Å². The summed E-state index contributed by atoms with van der Waals surface area (Å²) in [6, 6.07) is 6.40. The predicted octanol–water partition coefficient (Wildman–Crippen LogP) is 2.33. The van der Waals surface area contributed by atoms with Crippen molar-refractivity contribution in [2.45, 2.75) is 37.9 Å². The third kappa shape index (κ3) is 1.98. The van der Waals surface area contributed by atoms with E-state index >= 15 is 0 Å². The van der Waals surface area contributed by atoms with Crippen LogP contribution in [-0.4, -0.2) is 24.1 Å². The van der Waals surface area contributed by atoms with E-state index in [-0.39, 0.29) is 24.1 Å². The molecule has 1 aliphatic carbocycles. The second-order valence-electron chi connectivity index (χ2n) is 4.75. The van der Waals surface area contributed by atoms with Crippen LogP contribution in [0.15, 0.2) is 24.3 Å². The Kier molecular flexibility index (Phi) is 2.78. The molecule has 0 spiro atoms. The molecule has 0 aromatic heterocycles. The highest BCUT2D eigenvalue weighted by atomic mass is 16.6. The van der Waals surface area contributed by atoms with Crippen LogP contribution in [0.3, 0.4) is 0 Å². The van der Waals surface area contributed by atoms with Gasteiger partial charge >= 0.3 is 11.9 Å². The Morgan fingerprint density at radius 2 is 1.17 bits per heavy atom. The summed E-state index contributed by atoms with van der Waals surface area (Å²) >= 11 is 0. The normalized spacial score (nSPS) is 27.1. The Labute approximate surface area is 105 Å². The summed E-state index contributed by atoms with van der Waals surface area (Å²) in [5, 5.41) is 0. The van der Waals surface area contributed by atoms with Crippen molar-refractivity contribution >= 4 is 11.9 Å². The summed E-state index contributed by atoms with van der Waals surface area (Å²) in [5.41, 5.74) is 0.968. The second kappa shape index (κ2) is 4.44. The van der Waals surface area contributed by atoms with Gasteiger partial charge in [0.15, 0.2) is 0 Å². The van der Waals surface area contributed by atoms with Crippen molar-refractivity contribution in [3.63, 3.8) is 0 Å². The topological polar surface area (TPSA) is 52.6 Å². The number of carbonyl (C=O) groups is 2. The molecule has 0 N–H and O–H groups in total. The van der Waals surface area contributed by atoms with Crippen LogP contribution < -0.4 is 0 Å². The zero-order valence-electron chi connectivity index (χ0n) is 9.93. The van der Waals surface area contributed by atoms with E-state index in [0.29, 0.717) is 11.1 Å². The predicted molar refractivity (Wildman–Crippen MR) is 63.3 cm³/mol. The Bertz CT molecular complexity index is 432. The number of fused-ring (bicyclic) bond motifs is 4. The third-order valence-electron chi connectivity index (χ3n) is 3.52. The number of ether oxygens (including phenoxy) is 2. The molecule has 4 rings (SSSR count). The first-order valence-electron chi connectivity index (χ1n) is 6.26. The molecule has 0 amide bonds. The molecule has 2 bridgehead atoms. The molecule has 2 heterocycles. The van der Waals surface area contributed by atoms with Gasteiger partial charge in [0, 0.05) is 0 Å². The molecule has 2 unspecified atom stereocenters. The van der Waals surface area contributed by atoms with Crippen LogP contribution in [0.25, 0.3) is 0 Å². The van der Waals surface area contributed by atoms with Crippen LogP contribution in [-0.2, 0) is 9.47 Å². The zero-order chi connectivity index (χ0) is 12.5. The maximum absolute atomic E-state index is 11.9. The lowest BCUT2D eigenvalue weighted by molar-refractivity contribution is -0.0518. The Morgan fingerprint density at radius 3 is 1.56 bits per heavy atom. The monoisotopic (exact) mass is 246 g/mol. The maximum Gasteiger partial charge on any atom is 0.338 e. The fourth-order valence-electron chi connectivity index (χ4n) is 2.49. The average molecular weight is 246 g/mol. The molecule has 1 saturated carbocycles. The smallest absolute Gasteiger partial charge is 0.338 e. The standard InChI is InChI=1S/C14H14O4/c15-13-9-5-7-10(8-6-9)14(16)18-12-4-2-1-3-11(12)17-13/h5-8,11-12H,1-4H2. The molecule has 4 heteroatoms. The van der Waals surface area contributed by atoms with Crippen LogP contribution in [0.4, 0.5) is 0 Å². The summed E-state index contributed by atoms with van der Waals surface area (Å²) in [4.78, 5) is 23.8. The number of hydrogen-bond donors (Lipinski definition) is 0. The molecule has 2 aliphatic heterocycles. The quantitative estimate of drug-likeness (QED) is 0.659. The molecule has 18 heavy (non-hydrogen) atoms. The average Bonchev–Trinajstić information content (AvgIpc) is 2.40. The summed E-state index contributed by atoms with van der Waals surface area (Å²) < 4.78 is 10.9. The lowest BCUT2D eigenvalue weighted by atomic mass is 9.94. The van der Waals surface area contributed by atoms with Gasteiger partial charge in [-0.15, -0.1) is 0 Å². The molecule has 2 atom stereocenters. The molecular weight excluding hydrogens is 232 g/mol. The van der Waals surface area contributed by atoms with Gasteiger partial charge in [-0.3, -0.25) is 0 Å². The molecule has 94 valence electrons. The number of benzene rings is 1. The van der Waals surface area contributed by atoms with E-state index in [1.165, 1.54) is 0 Å². The van der Waals surface area contributed by atoms with Gasteiger partial charge in [0.1, 0.15) is 12.2 Å². The van der Waals surface area contributed by atoms with Gasteiger partial charge in [-0.05, 0) is 49.9 Å². The first-order valence-corrected chi connectivity index (χ1v) is 6.26. The van der Waals surface area contributed by atoms with E-state index in [2.05, 4.69) is 0 Å². The van der Waals surface area contributed by atoms with Crippen molar-refractivity contribution in [2.24, 2.45) is 0 Å². The lowest BCUT2D eigenvalue weighted by Gasteiger charge is -2.31. The van der Waals surface area contributed by atoms with Crippen LogP contribution in [0, 0.1) is 0 Å². The van der Waals surface area contributed by atoms with Crippen LogP contribution >= 0.6 is 0 Å². The van der Waals surface area contributed by atoms with Gasteiger partial charge in [0.05, 0.1) is 11.1 Å². The molecule has 0 radical (unpaired) electrons. The number of rotatable bonds is 0. The van der Waals surface area contributed by atoms with Crippen LogP contribution in [0.2, 0.25) is 0 Å². The fourth-order valence-corrected chi connectivity index (χ4v) is 2.49. The minimum Gasteiger partial charge on any atom is -0.455 e. The van der Waals surface area contributed by atoms with Gasteiger partial charge in [-0.1, -0.05) is 0 Å². The third-order valence-corrected chi connectivity index (χ3v) is 3.52. The van der Waals surface area contributed by atoms with Crippen molar-refractivity contribution in [3.05, 3.63) is 35.4 Å². The van der Waals surface area contributed by atoms with E-state index < -0.39 is 0 Å². The molecule has 4 nitrogen and oxygen atoms in total. The highest BCUT2D eigenvalue weighted by Gasteiger charge is 2.32. The Hall–Kier alpha value is -1.84. The largest absolute Gasteiger partial charge is 0.455 e. The lowest BCUT2D eigenvalue weighted by Crippen LogP contribution is -2.38. The number of esters is 2. The second-order valence-corrected chi connectivity index (χ2v) is 4.75. The van der Waals surface area contributed by atoms with Gasteiger partial charge in [0.2, 0.25) is 0 Å². The van der Waals surface area contributed by atoms with E-state index in [4.69, 9.17) is 9.47 Å². The van der Waals surface area contributed by atoms with E-state index in [9.17, 15) is 9.59 Å². The number of carbonyl (C=O) groups excluding carboxylic acids is 2. The van der Waals surface area contributed by atoms with Gasteiger partial charge in [-0.25, -0.2) is 9.59 Å². The van der Waals surface area contributed by atoms with E-state index in [1.807, 2.05) is 0 Å². The van der Waals surface area contributed by atoms with Crippen molar-refractivity contribution in [3.8, 4) is 0 Å². The summed E-state index contributed by atoms with van der Waals surface area (Å²) in [6.45, 7) is 0.